The number of amidine groups is 1. The molecule has 0 atom stereocenters. The van der Waals surface area contributed by atoms with E-state index in [1.807, 2.05) is 54.1 Å². The molecule has 8 nitrogen and oxygen atoms in total. The van der Waals surface area contributed by atoms with E-state index in [2.05, 4.69) is 9.72 Å². The van der Waals surface area contributed by atoms with Crippen LogP contribution in [0.2, 0.25) is 0 Å². The average Bonchev–Trinajstić information content (AvgIpc) is 3.23. The van der Waals surface area contributed by atoms with E-state index in [-0.39, 0.29) is 30.5 Å². The maximum absolute atomic E-state index is 11.4. The Balaban J connectivity index is 1.63. The summed E-state index contributed by atoms with van der Waals surface area (Å²) < 4.78 is 11.8. The van der Waals surface area contributed by atoms with Crippen molar-refractivity contribution < 1.29 is 19.4 Å². The van der Waals surface area contributed by atoms with Crippen LogP contribution in [0.15, 0.2) is 48.2 Å². The van der Waals surface area contributed by atoms with E-state index in [1.165, 1.54) is 7.11 Å². The molecule has 0 aliphatic carbocycles. The number of benzene rings is 2. The summed E-state index contributed by atoms with van der Waals surface area (Å²) in [5.74, 6) is 1.16. The molecule has 1 aliphatic rings. The first kappa shape index (κ1) is 19.5. The molecule has 2 heterocycles. The van der Waals surface area contributed by atoms with Crippen LogP contribution in [0.5, 0.6) is 5.75 Å². The van der Waals surface area contributed by atoms with Gasteiger partial charge in [0.25, 0.3) is 0 Å². The van der Waals surface area contributed by atoms with Crippen LogP contribution in [0.4, 0.5) is 5.69 Å². The summed E-state index contributed by atoms with van der Waals surface area (Å²) in [5.41, 5.74) is 3.56. The van der Waals surface area contributed by atoms with Crippen molar-refractivity contribution in [3.63, 3.8) is 0 Å². The average molecular weight is 406 g/mol. The molecule has 1 aliphatic heterocycles. The first-order chi connectivity index (χ1) is 14.4. The molecule has 0 spiro atoms. The largest absolute Gasteiger partial charge is 0.509 e. The van der Waals surface area contributed by atoms with E-state index >= 15 is 0 Å². The Morgan fingerprint density at radius 1 is 1.20 bits per heavy atom. The van der Waals surface area contributed by atoms with Gasteiger partial charge in [0, 0.05) is 18.8 Å². The van der Waals surface area contributed by atoms with Gasteiger partial charge in [-0.15, -0.1) is 0 Å². The Morgan fingerprint density at radius 2 is 1.93 bits per heavy atom. The number of aliphatic hydroxyl groups excluding tert-OH is 1. The van der Waals surface area contributed by atoms with Crippen molar-refractivity contribution in [2.45, 2.75) is 6.42 Å². The van der Waals surface area contributed by atoms with E-state index < -0.39 is 0 Å². The van der Waals surface area contributed by atoms with E-state index in [0.717, 1.165) is 22.3 Å². The van der Waals surface area contributed by atoms with Crippen molar-refractivity contribution in [3.8, 4) is 5.75 Å². The van der Waals surface area contributed by atoms with Crippen molar-refractivity contribution >= 4 is 34.1 Å². The van der Waals surface area contributed by atoms with Crippen LogP contribution in [0.25, 0.3) is 16.6 Å². The molecule has 1 aromatic heterocycles. The number of aromatic nitrogens is 2. The molecule has 154 valence electrons. The molecule has 0 amide bonds. The summed E-state index contributed by atoms with van der Waals surface area (Å²) in [7, 11) is 4.81. The van der Waals surface area contributed by atoms with Crippen LogP contribution in [0, 0.1) is 5.41 Å². The molecule has 0 unspecified atom stereocenters. The molecule has 0 fully saturated rings. The van der Waals surface area contributed by atoms with Gasteiger partial charge < -0.3 is 24.0 Å². The van der Waals surface area contributed by atoms with E-state index in [0.29, 0.717) is 17.1 Å². The number of carbonyl (C=O) groups is 1. The van der Waals surface area contributed by atoms with E-state index in [4.69, 9.17) is 10.1 Å². The number of imidazole rings is 1. The van der Waals surface area contributed by atoms with Crippen LogP contribution in [-0.2, 0) is 23.0 Å². The Morgan fingerprint density at radius 3 is 2.60 bits per heavy atom. The van der Waals surface area contributed by atoms with Gasteiger partial charge in [-0.3, -0.25) is 10.2 Å². The van der Waals surface area contributed by atoms with Crippen LogP contribution < -0.4 is 9.64 Å². The molecule has 0 bridgehead atoms. The summed E-state index contributed by atoms with van der Waals surface area (Å²) in [6.45, 7) is 0.178. The van der Waals surface area contributed by atoms with Gasteiger partial charge in [-0.1, -0.05) is 12.1 Å². The van der Waals surface area contributed by atoms with Crippen molar-refractivity contribution in [2.24, 2.45) is 7.05 Å². The quantitative estimate of drug-likeness (QED) is 0.632. The highest BCUT2D eigenvalue weighted by Gasteiger charge is 2.32. The number of ether oxygens (including phenoxy) is 2. The lowest BCUT2D eigenvalue weighted by atomic mass is 10.1. The number of nitrogens with zero attached hydrogens (tertiary/aromatic N) is 3. The predicted octanol–water partition coefficient (Wildman–Crippen LogP) is 3.06. The summed E-state index contributed by atoms with van der Waals surface area (Å²) in [5, 5.41) is 19.3. The number of hydrogen-bond acceptors (Lipinski definition) is 6. The zero-order valence-electron chi connectivity index (χ0n) is 17.0. The number of aliphatic hydroxyl groups is 1. The third kappa shape index (κ3) is 3.26. The van der Waals surface area contributed by atoms with E-state index in [9.17, 15) is 9.90 Å². The fraction of sp³-hybridized carbons (Fsp3) is 0.227. The second-order valence-corrected chi connectivity index (χ2v) is 7.02. The zero-order chi connectivity index (χ0) is 21.4. The van der Waals surface area contributed by atoms with Gasteiger partial charge in [0.15, 0.2) is 0 Å². The summed E-state index contributed by atoms with van der Waals surface area (Å²) in [4.78, 5) is 17.8. The predicted molar refractivity (Wildman–Crippen MR) is 114 cm³/mol. The number of nitrogens with one attached hydrogen (secondary N) is 1. The Hall–Kier alpha value is -3.81. The first-order valence-corrected chi connectivity index (χ1v) is 9.38. The highest BCUT2D eigenvalue weighted by molar-refractivity contribution is 6.30. The van der Waals surface area contributed by atoms with Gasteiger partial charge in [0.2, 0.25) is 0 Å². The fourth-order valence-corrected chi connectivity index (χ4v) is 3.60. The molecular formula is C22H22N4O4. The fourth-order valence-electron chi connectivity index (χ4n) is 3.60. The third-order valence-electron chi connectivity index (χ3n) is 5.24. The summed E-state index contributed by atoms with van der Waals surface area (Å²) in [6.07, 6.45) is 0.187. The number of aryl methyl sites for hydroxylation is 1. The Labute approximate surface area is 173 Å². The van der Waals surface area contributed by atoms with Crippen LogP contribution >= 0.6 is 0 Å². The lowest BCUT2D eigenvalue weighted by molar-refractivity contribution is -0.139. The molecule has 2 N–H and O–H groups in total. The second kappa shape index (κ2) is 7.55. The van der Waals surface area contributed by atoms with Gasteiger partial charge in [-0.2, -0.15) is 0 Å². The molecule has 3 aromatic rings. The number of rotatable bonds is 5. The van der Waals surface area contributed by atoms with Gasteiger partial charge in [-0.25, -0.2) is 4.98 Å². The number of hydrogen-bond donors (Lipinski definition) is 2. The molecule has 8 heteroatoms. The van der Waals surface area contributed by atoms with Crippen LogP contribution in [0.3, 0.4) is 0 Å². The van der Waals surface area contributed by atoms with Crippen molar-refractivity contribution in [3.05, 3.63) is 59.6 Å². The van der Waals surface area contributed by atoms with E-state index in [1.54, 1.807) is 12.0 Å². The zero-order valence-corrected chi connectivity index (χ0v) is 17.0. The normalized spacial score (nSPS) is 14.0. The SMILES string of the molecule is COC(=O)Cc1ccc(N2CC(O)=C(c3nc4cc(OC)ccc4n3C)C2=N)cc1. The Bertz CT molecular complexity index is 1180. The molecule has 0 saturated heterocycles. The minimum absolute atomic E-state index is 0.0870. The first-order valence-electron chi connectivity index (χ1n) is 9.38. The maximum Gasteiger partial charge on any atom is 0.309 e. The van der Waals surface area contributed by atoms with Crippen LogP contribution in [-0.4, -0.2) is 47.2 Å². The Kier molecular flexibility index (Phi) is 4.91. The highest BCUT2D eigenvalue weighted by atomic mass is 16.5. The van der Waals surface area contributed by atoms with Gasteiger partial charge in [0.05, 0.1) is 43.8 Å². The van der Waals surface area contributed by atoms with Crippen LogP contribution in [0.1, 0.15) is 11.4 Å². The van der Waals surface area contributed by atoms with Gasteiger partial charge in [-0.05, 0) is 29.8 Å². The minimum Gasteiger partial charge on any atom is -0.509 e. The second-order valence-electron chi connectivity index (χ2n) is 7.02. The van der Waals surface area contributed by atoms with Gasteiger partial charge in [0.1, 0.15) is 23.2 Å². The molecule has 2 aromatic carbocycles. The number of carbonyl (C=O) groups excluding carboxylic acids is 1. The maximum atomic E-state index is 11.4. The topological polar surface area (TPSA) is 101 Å². The van der Waals surface area contributed by atoms with Gasteiger partial charge >= 0.3 is 5.97 Å². The standard InChI is InChI=1S/C22H22N4O4/c1-25-17-9-8-15(29-2)11-16(17)24-22(25)20-18(27)12-26(21(20)23)14-6-4-13(5-7-14)10-19(28)30-3/h4-9,11,23,27H,10,12H2,1-3H3. The van der Waals surface area contributed by atoms with Crippen molar-refractivity contribution in [1.82, 2.24) is 9.55 Å². The lowest BCUT2D eigenvalue weighted by Gasteiger charge is -2.19. The molecule has 4 rings (SSSR count). The minimum atomic E-state index is -0.309. The number of esters is 1. The summed E-state index contributed by atoms with van der Waals surface area (Å²) in [6, 6.07) is 12.9. The monoisotopic (exact) mass is 406 g/mol. The highest BCUT2D eigenvalue weighted by Crippen LogP contribution is 2.32. The van der Waals surface area contributed by atoms with Crippen molar-refractivity contribution in [1.29, 1.82) is 5.41 Å². The molecule has 0 saturated carbocycles. The van der Waals surface area contributed by atoms with Crippen molar-refractivity contribution in [2.75, 3.05) is 25.7 Å². The molecular weight excluding hydrogens is 384 g/mol. The lowest BCUT2D eigenvalue weighted by Crippen LogP contribution is -2.26. The third-order valence-corrected chi connectivity index (χ3v) is 5.24. The number of anilines is 1. The molecule has 0 radical (unpaired) electrons. The number of methoxy groups -OCH3 is 2. The number of fused-ring (bicyclic) bond motifs is 1. The molecule has 30 heavy (non-hydrogen) atoms. The summed E-state index contributed by atoms with van der Waals surface area (Å²) >= 11 is 0. The smallest absolute Gasteiger partial charge is 0.309 e.